The van der Waals surface area contributed by atoms with Crippen LogP contribution >= 0.6 is 0 Å². The fraction of sp³-hybridized carbons (Fsp3) is 0.391. The van der Waals surface area contributed by atoms with E-state index in [2.05, 4.69) is 10.6 Å². The minimum atomic E-state index is -0.350. The predicted molar refractivity (Wildman–Crippen MR) is 118 cm³/mol. The van der Waals surface area contributed by atoms with Gasteiger partial charge in [0.2, 0.25) is 11.7 Å². The van der Waals surface area contributed by atoms with Gasteiger partial charge in [-0.15, -0.1) is 0 Å². The topological polar surface area (TPSA) is 85.9 Å². The molecule has 2 aromatic carbocycles. The Morgan fingerprint density at radius 1 is 0.800 bits per heavy atom. The molecule has 0 aliphatic rings. The molecule has 2 amide bonds. The average molecular weight is 415 g/mol. The van der Waals surface area contributed by atoms with Gasteiger partial charge in [0, 0.05) is 12.0 Å². The molecule has 0 aromatic heterocycles. The molecule has 0 atom stereocenters. The Hall–Kier alpha value is -3.22. The van der Waals surface area contributed by atoms with Gasteiger partial charge in [0.25, 0.3) is 5.91 Å². The summed E-state index contributed by atoms with van der Waals surface area (Å²) in [6.45, 7) is 8.81. The van der Waals surface area contributed by atoms with Crippen molar-refractivity contribution in [3.05, 3.63) is 42.0 Å². The number of para-hydroxylation sites is 2. The molecule has 0 fully saturated rings. The second-order valence-corrected chi connectivity index (χ2v) is 6.40. The van der Waals surface area contributed by atoms with Gasteiger partial charge in [-0.1, -0.05) is 19.1 Å². The van der Waals surface area contributed by atoms with Crippen molar-refractivity contribution in [1.82, 2.24) is 0 Å². The van der Waals surface area contributed by atoms with Crippen molar-refractivity contribution in [3.8, 4) is 17.2 Å². The van der Waals surface area contributed by atoms with Crippen LogP contribution in [0.1, 0.15) is 50.9 Å². The number of anilines is 2. The highest BCUT2D eigenvalue weighted by atomic mass is 16.5. The molecular formula is C23H30N2O5. The third-order valence-electron chi connectivity index (χ3n) is 4.10. The minimum Gasteiger partial charge on any atom is -0.490 e. The van der Waals surface area contributed by atoms with E-state index in [1.807, 2.05) is 27.7 Å². The van der Waals surface area contributed by atoms with Crippen LogP contribution in [0.4, 0.5) is 11.4 Å². The first-order valence-electron chi connectivity index (χ1n) is 10.3. The number of benzene rings is 2. The molecule has 0 unspecified atom stereocenters. The van der Waals surface area contributed by atoms with Crippen molar-refractivity contribution in [2.45, 2.75) is 40.5 Å². The highest BCUT2D eigenvalue weighted by molar-refractivity contribution is 6.07. The molecular weight excluding hydrogens is 384 g/mol. The zero-order valence-electron chi connectivity index (χ0n) is 18.0. The first-order chi connectivity index (χ1) is 14.5. The average Bonchev–Trinajstić information content (AvgIpc) is 2.72. The molecule has 0 heterocycles. The Morgan fingerprint density at radius 2 is 1.33 bits per heavy atom. The van der Waals surface area contributed by atoms with E-state index in [9.17, 15) is 9.59 Å². The molecule has 0 aliphatic carbocycles. The molecule has 0 saturated carbocycles. The highest BCUT2D eigenvalue weighted by Crippen LogP contribution is 2.39. The summed E-state index contributed by atoms with van der Waals surface area (Å²) >= 11 is 0. The Labute approximate surface area is 177 Å². The summed E-state index contributed by atoms with van der Waals surface area (Å²) in [6.07, 6.45) is 1.16. The van der Waals surface area contributed by atoms with Crippen molar-refractivity contribution < 1.29 is 23.8 Å². The second-order valence-electron chi connectivity index (χ2n) is 6.40. The van der Waals surface area contributed by atoms with Crippen LogP contribution in [0.5, 0.6) is 17.2 Å². The molecule has 2 rings (SSSR count). The standard InChI is InChI=1S/C23H30N2O5/c1-5-11-21(26)24-17-12-9-10-13-18(17)25-23(27)16-14-19(28-6-2)22(30-8-4)20(15-16)29-7-3/h9-10,12-15H,5-8,11H2,1-4H3,(H,24,26)(H,25,27). The fourth-order valence-electron chi connectivity index (χ4n) is 2.86. The second kappa shape index (κ2) is 11.7. The van der Waals surface area contributed by atoms with Crippen molar-refractivity contribution in [1.29, 1.82) is 0 Å². The maximum absolute atomic E-state index is 13.0. The quantitative estimate of drug-likeness (QED) is 0.548. The van der Waals surface area contributed by atoms with Gasteiger partial charge in [0.1, 0.15) is 0 Å². The Bertz CT molecular complexity index is 839. The van der Waals surface area contributed by atoms with E-state index < -0.39 is 0 Å². The molecule has 0 bridgehead atoms. The van der Waals surface area contributed by atoms with Gasteiger partial charge in [-0.25, -0.2) is 0 Å². The largest absolute Gasteiger partial charge is 0.490 e. The van der Waals surface area contributed by atoms with E-state index in [0.29, 0.717) is 60.4 Å². The molecule has 2 N–H and O–H groups in total. The SMILES string of the molecule is CCCC(=O)Nc1ccccc1NC(=O)c1cc(OCC)c(OCC)c(OCC)c1. The third kappa shape index (κ3) is 6.14. The van der Waals surface area contributed by atoms with Gasteiger partial charge in [0.15, 0.2) is 11.5 Å². The summed E-state index contributed by atoms with van der Waals surface area (Å²) in [6, 6.07) is 10.3. The van der Waals surface area contributed by atoms with Gasteiger partial charge in [-0.05, 0) is 51.5 Å². The van der Waals surface area contributed by atoms with Crippen LogP contribution in [-0.4, -0.2) is 31.6 Å². The molecule has 7 heteroatoms. The van der Waals surface area contributed by atoms with Gasteiger partial charge < -0.3 is 24.8 Å². The minimum absolute atomic E-state index is 0.0995. The van der Waals surface area contributed by atoms with Crippen LogP contribution in [0.2, 0.25) is 0 Å². The number of carbonyl (C=O) groups is 2. The number of nitrogens with one attached hydrogen (secondary N) is 2. The van der Waals surface area contributed by atoms with Crippen molar-refractivity contribution in [2.24, 2.45) is 0 Å². The molecule has 2 aromatic rings. The van der Waals surface area contributed by atoms with Crippen molar-refractivity contribution in [3.63, 3.8) is 0 Å². The molecule has 162 valence electrons. The maximum Gasteiger partial charge on any atom is 0.255 e. The lowest BCUT2D eigenvalue weighted by atomic mass is 10.1. The lowest BCUT2D eigenvalue weighted by Gasteiger charge is -2.17. The number of rotatable bonds is 11. The van der Waals surface area contributed by atoms with Crippen LogP contribution in [0.3, 0.4) is 0 Å². The zero-order valence-corrected chi connectivity index (χ0v) is 18.0. The van der Waals surface area contributed by atoms with E-state index >= 15 is 0 Å². The van der Waals surface area contributed by atoms with E-state index in [4.69, 9.17) is 14.2 Å². The first-order valence-corrected chi connectivity index (χ1v) is 10.3. The number of carbonyl (C=O) groups excluding carboxylic acids is 2. The Balaban J connectivity index is 2.34. The van der Waals surface area contributed by atoms with Crippen LogP contribution in [0.15, 0.2) is 36.4 Å². The van der Waals surface area contributed by atoms with Gasteiger partial charge in [-0.2, -0.15) is 0 Å². The van der Waals surface area contributed by atoms with Gasteiger partial charge >= 0.3 is 0 Å². The van der Waals surface area contributed by atoms with Crippen LogP contribution in [0.25, 0.3) is 0 Å². The number of ether oxygens (including phenoxy) is 3. The number of hydrogen-bond donors (Lipinski definition) is 2. The molecule has 0 spiro atoms. The van der Waals surface area contributed by atoms with E-state index in [0.717, 1.165) is 6.42 Å². The molecule has 0 saturated heterocycles. The highest BCUT2D eigenvalue weighted by Gasteiger charge is 2.19. The number of hydrogen-bond acceptors (Lipinski definition) is 5. The van der Waals surface area contributed by atoms with Gasteiger partial charge in [-0.3, -0.25) is 9.59 Å². The van der Waals surface area contributed by atoms with Crippen LogP contribution < -0.4 is 24.8 Å². The number of amides is 2. The van der Waals surface area contributed by atoms with Crippen molar-refractivity contribution >= 4 is 23.2 Å². The summed E-state index contributed by atoms with van der Waals surface area (Å²) in [5, 5.41) is 5.69. The molecule has 30 heavy (non-hydrogen) atoms. The van der Waals surface area contributed by atoms with Gasteiger partial charge in [0.05, 0.1) is 31.2 Å². The lowest BCUT2D eigenvalue weighted by Crippen LogP contribution is -2.17. The Morgan fingerprint density at radius 3 is 1.83 bits per heavy atom. The lowest BCUT2D eigenvalue weighted by molar-refractivity contribution is -0.116. The monoisotopic (exact) mass is 414 g/mol. The first kappa shape index (κ1) is 23.1. The van der Waals surface area contributed by atoms with E-state index in [1.165, 1.54) is 0 Å². The summed E-state index contributed by atoms with van der Waals surface area (Å²) in [4.78, 5) is 25.0. The van der Waals surface area contributed by atoms with Crippen molar-refractivity contribution in [2.75, 3.05) is 30.5 Å². The van der Waals surface area contributed by atoms with Crippen LogP contribution in [0, 0.1) is 0 Å². The summed E-state index contributed by atoms with van der Waals surface area (Å²) in [5.41, 5.74) is 1.42. The zero-order chi connectivity index (χ0) is 21.9. The fourth-order valence-corrected chi connectivity index (χ4v) is 2.86. The summed E-state index contributed by atoms with van der Waals surface area (Å²) < 4.78 is 17.0. The normalized spacial score (nSPS) is 10.3. The summed E-state index contributed by atoms with van der Waals surface area (Å²) in [7, 11) is 0. The summed E-state index contributed by atoms with van der Waals surface area (Å²) in [5.74, 6) is 0.916. The predicted octanol–water partition coefficient (Wildman–Crippen LogP) is 4.87. The Kier molecular flexibility index (Phi) is 9.00. The van der Waals surface area contributed by atoms with E-state index in [-0.39, 0.29) is 11.8 Å². The molecule has 0 radical (unpaired) electrons. The maximum atomic E-state index is 13.0. The van der Waals surface area contributed by atoms with E-state index in [1.54, 1.807) is 36.4 Å². The molecule has 7 nitrogen and oxygen atoms in total. The third-order valence-corrected chi connectivity index (χ3v) is 4.10. The molecule has 0 aliphatic heterocycles. The smallest absolute Gasteiger partial charge is 0.255 e. The van der Waals surface area contributed by atoms with Crippen LogP contribution in [-0.2, 0) is 4.79 Å².